The van der Waals surface area contributed by atoms with Crippen molar-refractivity contribution in [1.82, 2.24) is 5.32 Å². The summed E-state index contributed by atoms with van der Waals surface area (Å²) in [5.74, 6) is 4.50. The normalized spacial score (nSPS) is 27.7. The molecule has 0 unspecified atom stereocenters. The lowest BCUT2D eigenvalue weighted by molar-refractivity contribution is -0.129. The molecule has 5 nitrogen and oxygen atoms in total. The number of ketones is 1. The van der Waals surface area contributed by atoms with Crippen molar-refractivity contribution in [3.63, 3.8) is 0 Å². The van der Waals surface area contributed by atoms with Crippen LogP contribution in [0.4, 0.5) is 0 Å². The highest BCUT2D eigenvalue weighted by Gasteiger charge is 2.58. The molecule has 1 N–H and O–H groups in total. The van der Waals surface area contributed by atoms with E-state index in [1.165, 1.54) is 17.5 Å². The fourth-order valence-electron chi connectivity index (χ4n) is 8.01. The Morgan fingerprint density at radius 3 is 2.71 bits per heavy atom. The smallest absolute Gasteiger partial charge is 0.220 e. The first kappa shape index (κ1) is 26.8. The molecular formula is C33H43NO4. The number of nitrogens with one attached hydrogen (secondary N) is 1. The van der Waals surface area contributed by atoms with Crippen molar-refractivity contribution in [3.8, 4) is 11.5 Å². The van der Waals surface area contributed by atoms with E-state index in [-0.39, 0.29) is 11.3 Å². The zero-order valence-corrected chi connectivity index (χ0v) is 23.3. The summed E-state index contributed by atoms with van der Waals surface area (Å²) >= 11 is 0. The Balaban J connectivity index is 1.13. The van der Waals surface area contributed by atoms with Crippen LogP contribution in [0.2, 0.25) is 0 Å². The van der Waals surface area contributed by atoms with E-state index in [4.69, 9.17) is 9.47 Å². The summed E-state index contributed by atoms with van der Waals surface area (Å²) in [7, 11) is 3.39. The van der Waals surface area contributed by atoms with Gasteiger partial charge in [-0.1, -0.05) is 44.0 Å². The van der Waals surface area contributed by atoms with Crippen molar-refractivity contribution in [2.24, 2.45) is 23.2 Å². The third-order valence-corrected chi connectivity index (χ3v) is 9.92. The summed E-state index contributed by atoms with van der Waals surface area (Å²) in [6, 6.07) is 14.4. The Hall–Kier alpha value is -2.82. The molecule has 1 amide bonds. The molecule has 204 valence electrons. The maximum Gasteiger partial charge on any atom is 0.220 e. The van der Waals surface area contributed by atoms with Crippen LogP contribution in [-0.2, 0) is 22.6 Å². The maximum absolute atomic E-state index is 13.3. The summed E-state index contributed by atoms with van der Waals surface area (Å²) in [5.41, 5.74) is 3.79. The average Bonchev–Trinajstić information content (AvgIpc) is 3.20. The van der Waals surface area contributed by atoms with Crippen molar-refractivity contribution in [3.05, 3.63) is 59.2 Å². The molecule has 0 bridgehead atoms. The van der Waals surface area contributed by atoms with Crippen molar-refractivity contribution >= 4 is 11.7 Å². The molecule has 0 spiro atoms. The second-order valence-corrected chi connectivity index (χ2v) is 11.9. The molecule has 5 rings (SSSR count). The second kappa shape index (κ2) is 11.5. The first-order valence-corrected chi connectivity index (χ1v) is 14.5. The molecule has 2 aromatic rings. The fourth-order valence-corrected chi connectivity index (χ4v) is 8.01. The number of hydrogen-bond donors (Lipinski definition) is 1. The van der Waals surface area contributed by atoms with Gasteiger partial charge in [0, 0.05) is 30.4 Å². The van der Waals surface area contributed by atoms with E-state index in [2.05, 4.69) is 30.4 Å². The number of aryl methyl sites for hydroxylation is 1. The number of benzene rings is 2. The molecule has 2 fully saturated rings. The number of rotatable bonds is 10. The number of carbonyl (C=O) groups is 2. The SMILES string of the molecule is COc1ccc2c(c1)CC[C@H]1[C@@H]3[C@H](CCCCCC(=O)NCc4ccccc4OC)CC(=O)[C@@]3(C)CC[C@H]21. The van der Waals surface area contributed by atoms with Crippen LogP contribution in [0.15, 0.2) is 42.5 Å². The lowest BCUT2D eigenvalue weighted by atomic mass is 9.54. The molecule has 0 heterocycles. The Bertz CT molecular complexity index is 1160. The van der Waals surface area contributed by atoms with E-state index in [1.807, 2.05) is 24.3 Å². The highest BCUT2D eigenvalue weighted by molar-refractivity contribution is 5.87. The summed E-state index contributed by atoms with van der Waals surface area (Å²) in [6.07, 6.45) is 9.83. The molecule has 2 saturated carbocycles. The number of ether oxygens (including phenoxy) is 2. The van der Waals surface area contributed by atoms with Crippen LogP contribution in [0.3, 0.4) is 0 Å². The van der Waals surface area contributed by atoms with Gasteiger partial charge in [-0.25, -0.2) is 0 Å². The van der Waals surface area contributed by atoms with Crippen molar-refractivity contribution in [2.75, 3.05) is 14.2 Å². The predicted molar refractivity (Wildman–Crippen MR) is 149 cm³/mol. The molecule has 2 aromatic carbocycles. The molecule has 3 aliphatic rings. The molecule has 3 aliphatic carbocycles. The van der Waals surface area contributed by atoms with Gasteiger partial charge in [-0.2, -0.15) is 0 Å². The Labute approximate surface area is 227 Å². The maximum atomic E-state index is 13.3. The first-order chi connectivity index (χ1) is 18.4. The van der Waals surface area contributed by atoms with E-state index in [9.17, 15) is 9.59 Å². The fraction of sp³-hybridized carbons (Fsp3) is 0.576. The number of para-hydroxylation sites is 1. The molecule has 0 aliphatic heterocycles. The van der Waals surface area contributed by atoms with E-state index in [0.29, 0.717) is 42.4 Å². The number of amides is 1. The van der Waals surface area contributed by atoms with Crippen LogP contribution < -0.4 is 14.8 Å². The van der Waals surface area contributed by atoms with Crippen LogP contribution in [0, 0.1) is 23.2 Å². The Morgan fingerprint density at radius 2 is 1.89 bits per heavy atom. The predicted octanol–water partition coefficient (Wildman–Crippen LogP) is 6.62. The topological polar surface area (TPSA) is 64.6 Å². The van der Waals surface area contributed by atoms with Gasteiger partial charge >= 0.3 is 0 Å². The van der Waals surface area contributed by atoms with Gasteiger partial charge in [0.15, 0.2) is 0 Å². The van der Waals surface area contributed by atoms with Gasteiger partial charge in [0.2, 0.25) is 5.91 Å². The monoisotopic (exact) mass is 517 g/mol. The minimum atomic E-state index is -0.145. The summed E-state index contributed by atoms with van der Waals surface area (Å²) in [4.78, 5) is 25.7. The second-order valence-electron chi connectivity index (χ2n) is 11.9. The van der Waals surface area contributed by atoms with Gasteiger partial charge in [-0.3, -0.25) is 9.59 Å². The number of methoxy groups -OCH3 is 2. The van der Waals surface area contributed by atoms with Crippen molar-refractivity contribution in [1.29, 1.82) is 0 Å². The van der Waals surface area contributed by atoms with E-state index >= 15 is 0 Å². The minimum absolute atomic E-state index is 0.0900. The lowest BCUT2D eigenvalue weighted by Gasteiger charge is -2.50. The molecule has 0 aromatic heterocycles. The van der Waals surface area contributed by atoms with Crippen LogP contribution in [0.25, 0.3) is 0 Å². The minimum Gasteiger partial charge on any atom is -0.497 e. The molecule has 5 heteroatoms. The molecular weight excluding hydrogens is 474 g/mol. The molecule has 38 heavy (non-hydrogen) atoms. The van der Waals surface area contributed by atoms with Gasteiger partial charge in [0.1, 0.15) is 17.3 Å². The Morgan fingerprint density at radius 1 is 1.05 bits per heavy atom. The van der Waals surface area contributed by atoms with Gasteiger partial charge in [0.05, 0.1) is 14.2 Å². The highest BCUT2D eigenvalue weighted by atomic mass is 16.5. The number of hydrogen-bond acceptors (Lipinski definition) is 4. The summed E-state index contributed by atoms with van der Waals surface area (Å²) < 4.78 is 10.9. The summed E-state index contributed by atoms with van der Waals surface area (Å²) in [6.45, 7) is 2.76. The molecule has 5 atom stereocenters. The first-order valence-electron chi connectivity index (χ1n) is 14.5. The zero-order valence-electron chi connectivity index (χ0n) is 23.3. The zero-order chi connectivity index (χ0) is 26.7. The highest BCUT2D eigenvalue weighted by Crippen LogP contribution is 2.62. The average molecular weight is 518 g/mol. The number of fused-ring (bicyclic) bond motifs is 5. The third kappa shape index (κ3) is 5.21. The van der Waals surface area contributed by atoms with Crippen molar-refractivity contribution in [2.45, 2.75) is 83.6 Å². The van der Waals surface area contributed by atoms with Crippen LogP contribution in [0.1, 0.15) is 87.3 Å². The molecule has 0 radical (unpaired) electrons. The van der Waals surface area contributed by atoms with Gasteiger partial charge < -0.3 is 14.8 Å². The van der Waals surface area contributed by atoms with E-state index < -0.39 is 0 Å². The quantitative estimate of drug-likeness (QED) is 0.360. The van der Waals surface area contributed by atoms with Crippen molar-refractivity contribution < 1.29 is 19.1 Å². The van der Waals surface area contributed by atoms with Gasteiger partial charge in [-0.05, 0) is 91.5 Å². The van der Waals surface area contributed by atoms with Gasteiger partial charge in [-0.15, -0.1) is 0 Å². The van der Waals surface area contributed by atoms with Crippen LogP contribution in [0.5, 0.6) is 11.5 Å². The largest absolute Gasteiger partial charge is 0.497 e. The third-order valence-electron chi connectivity index (χ3n) is 9.92. The van der Waals surface area contributed by atoms with E-state index in [1.54, 1.807) is 14.2 Å². The van der Waals surface area contributed by atoms with E-state index in [0.717, 1.165) is 68.4 Å². The van der Waals surface area contributed by atoms with Crippen LogP contribution >= 0.6 is 0 Å². The van der Waals surface area contributed by atoms with Gasteiger partial charge in [0.25, 0.3) is 0 Å². The summed E-state index contributed by atoms with van der Waals surface area (Å²) in [5, 5.41) is 3.03. The number of carbonyl (C=O) groups excluding carboxylic acids is 2. The number of unbranched alkanes of at least 4 members (excludes halogenated alkanes) is 2. The standard InChI is InChI=1S/C33H43NO4/c1-33-18-17-27-26-16-14-25(37-2)19-22(26)13-15-28(27)32(33)23(20-30(33)35)9-5-4-6-12-31(36)34-21-24-10-7-8-11-29(24)38-3/h7-8,10-11,14,16,19,23,27-28,32H,4-6,9,12-13,15,17-18,20-21H2,1-3H3,(H,34,36)/t23-,27-,28-,32+,33-/m1/s1. The lowest BCUT2D eigenvalue weighted by Crippen LogP contribution is -2.44. The van der Waals surface area contributed by atoms with Crippen LogP contribution in [-0.4, -0.2) is 25.9 Å². The Kier molecular flexibility index (Phi) is 8.11. The molecule has 0 saturated heterocycles. The number of Topliss-reactive ketones (excluding diaryl/α,β-unsaturated/α-hetero) is 1.